The number of ether oxygens (including phenoxy) is 1. The number of thioether (sulfide) groups is 1. The number of carbonyl (C=O) groups is 2. The van der Waals surface area contributed by atoms with Gasteiger partial charge in [-0.3, -0.25) is 9.69 Å². The molecule has 2 aromatic rings. The summed E-state index contributed by atoms with van der Waals surface area (Å²) in [7, 11) is 1.27. The molecule has 5 nitrogen and oxygen atoms in total. The number of anilines is 1. The van der Waals surface area contributed by atoms with E-state index in [0.29, 0.717) is 24.2 Å². The molecule has 1 aliphatic rings. The van der Waals surface area contributed by atoms with Crippen LogP contribution in [0.2, 0.25) is 0 Å². The number of nitrogens with one attached hydrogen (secondary N) is 1. The lowest BCUT2D eigenvalue weighted by Crippen LogP contribution is -2.45. The number of hydrogen-bond acceptors (Lipinski definition) is 4. The van der Waals surface area contributed by atoms with E-state index in [1.54, 1.807) is 12.1 Å². The number of fused-ring (bicyclic) bond motifs is 1. The molecule has 1 N–H and O–H groups in total. The molecule has 2 aromatic carbocycles. The lowest BCUT2D eigenvalue weighted by atomic mass is 9.92. The molecule has 136 valence electrons. The molecule has 1 heterocycles. The number of methoxy groups -OCH3 is 1. The average molecular weight is 374 g/mol. The molecule has 0 aromatic heterocycles. The first-order chi connectivity index (χ1) is 12.5. The topological polar surface area (TPSA) is 58.6 Å². The van der Waals surface area contributed by atoms with Crippen LogP contribution in [0.15, 0.2) is 47.4 Å². The van der Waals surface area contributed by atoms with Gasteiger partial charge in [0.25, 0.3) is 5.91 Å². The summed E-state index contributed by atoms with van der Waals surface area (Å²) in [6.07, 6.45) is 1.84. The van der Waals surface area contributed by atoms with Gasteiger partial charge in [-0.25, -0.2) is 9.18 Å². The lowest BCUT2D eigenvalue weighted by Gasteiger charge is -2.35. The summed E-state index contributed by atoms with van der Waals surface area (Å²) in [5.41, 5.74) is 1.99. The van der Waals surface area contributed by atoms with Crippen LogP contribution < -0.4 is 5.32 Å². The number of nitrogens with zero attached hydrogens (tertiary/aromatic N) is 1. The number of halogens is 1. The van der Waals surface area contributed by atoms with Crippen LogP contribution in [0, 0.1) is 5.82 Å². The van der Waals surface area contributed by atoms with Gasteiger partial charge >= 0.3 is 6.09 Å². The minimum Gasteiger partial charge on any atom is -0.453 e. The molecule has 0 saturated carbocycles. The SMILES string of the molecule is COC(=O)N1CCc2ccc(F)cc2[C@H]1C(=O)Nc1ccccc1SC. The molecule has 1 atom stereocenters. The quantitative estimate of drug-likeness (QED) is 0.829. The van der Waals surface area contributed by atoms with Gasteiger partial charge in [0.1, 0.15) is 11.9 Å². The van der Waals surface area contributed by atoms with Crippen LogP contribution in [0.3, 0.4) is 0 Å². The van der Waals surface area contributed by atoms with Crippen molar-refractivity contribution in [1.82, 2.24) is 4.90 Å². The van der Waals surface area contributed by atoms with Crippen molar-refractivity contribution in [2.24, 2.45) is 0 Å². The molecule has 0 bridgehead atoms. The largest absolute Gasteiger partial charge is 0.453 e. The van der Waals surface area contributed by atoms with Gasteiger partial charge in [0.2, 0.25) is 0 Å². The fraction of sp³-hybridized carbons (Fsp3) is 0.263. The Morgan fingerprint density at radius 1 is 1.27 bits per heavy atom. The minimum atomic E-state index is -0.947. The fourth-order valence-corrected chi connectivity index (χ4v) is 3.69. The third-order valence-electron chi connectivity index (χ3n) is 4.36. The zero-order valence-corrected chi connectivity index (χ0v) is 15.3. The molecule has 0 aliphatic carbocycles. The summed E-state index contributed by atoms with van der Waals surface area (Å²) < 4.78 is 18.6. The van der Waals surface area contributed by atoms with Gasteiger partial charge in [-0.05, 0) is 48.1 Å². The molecule has 3 rings (SSSR count). The Labute approximate surface area is 155 Å². The fourth-order valence-electron chi connectivity index (χ4n) is 3.13. The maximum absolute atomic E-state index is 13.8. The van der Waals surface area contributed by atoms with E-state index in [1.807, 2.05) is 24.5 Å². The highest BCUT2D eigenvalue weighted by Crippen LogP contribution is 2.33. The van der Waals surface area contributed by atoms with Gasteiger partial charge in [-0.2, -0.15) is 0 Å². The number of para-hydroxylation sites is 1. The summed E-state index contributed by atoms with van der Waals surface area (Å²) >= 11 is 1.50. The molecule has 0 unspecified atom stereocenters. The third kappa shape index (κ3) is 3.53. The highest BCUT2D eigenvalue weighted by Gasteiger charge is 2.37. The van der Waals surface area contributed by atoms with Gasteiger partial charge in [-0.1, -0.05) is 18.2 Å². The Hall–Kier alpha value is -2.54. The molecular formula is C19H19FN2O3S. The molecule has 0 spiro atoms. The maximum Gasteiger partial charge on any atom is 0.410 e. The first-order valence-corrected chi connectivity index (χ1v) is 9.34. The van der Waals surface area contributed by atoms with Crippen LogP contribution in [-0.2, 0) is 16.0 Å². The Morgan fingerprint density at radius 3 is 2.77 bits per heavy atom. The summed E-state index contributed by atoms with van der Waals surface area (Å²) in [6.45, 7) is 0.327. The molecule has 0 radical (unpaired) electrons. The van der Waals surface area contributed by atoms with E-state index >= 15 is 0 Å². The number of amides is 2. The molecular weight excluding hydrogens is 355 g/mol. The van der Waals surface area contributed by atoms with Gasteiger partial charge in [-0.15, -0.1) is 11.8 Å². The van der Waals surface area contributed by atoms with Crippen LogP contribution in [0.1, 0.15) is 17.2 Å². The van der Waals surface area contributed by atoms with Gasteiger partial charge in [0.15, 0.2) is 0 Å². The van der Waals surface area contributed by atoms with E-state index < -0.39 is 23.9 Å². The average Bonchev–Trinajstić information content (AvgIpc) is 2.66. The highest BCUT2D eigenvalue weighted by atomic mass is 32.2. The minimum absolute atomic E-state index is 0.327. The second kappa shape index (κ2) is 7.78. The van der Waals surface area contributed by atoms with Crippen LogP contribution in [-0.4, -0.2) is 36.8 Å². The van der Waals surface area contributed by atoms with Crippen LogP contribution in [0.5, 0.6) is 0 Å². The number of hydrogen-bond donors (Lipinski definition) is 1. The van der Waals surface area contributed by atoms with E-state index in [2.05, 4.69) is 5.32 Å². The van der Waals surface area contributed by atoms with E-state index in [9.17, 15) is 14.0 Å². The van der Waals surface area contributed by atoms with Crippen molar-refractivity contribution in [3.63, 3.8) is 0 Å². The van der Waals surface area contributed by atoms with E-state index in [4.69, 9.17) is 4.74 Å². The summed E-state index contributed by atoms with van der Waals surface area (Å²) in [5, 5.41) is 2.87. The monoisotopic (exact) mass is 374 g/mol. The van der Waals surface area contributed by atoms with Gasteiger partial charge < -0.3 is 10.1 Å². The van der Waals surface area contributed by atoms with Crippen molar-refractivity contribution in [3.05, 3.63) is 59.4 Å². The van der Waals surface area contributed by atoms with E-state index in [0.717, 1.165) is 10.5 Å². The standard InChI is InChI=1S/C19H19FN2O3S/c1-25-19(24)22-10-9-12-7-8-13(20)11-14(12)17(22)18(23)21-15-5-3-4-6-16(15)26-2/h3-8,11,17H,9-10H2,1-2H3,(H,21,23)/t17-/m0/s1. The smallest absolute Gasteiger partial charge is 0.410 e. The van der Waals surface area contributed by atoms with Crippen molar-refractivity contribution in [2.45, 2.75) is 17.4 Å². The molecule has 0 saturated heterocycles. The molecule has 26 heavy (non-hydrogen) atoms. The lowest BCUT2D eigenvalue weighted by molar-refractivity contribution is -0.121. The Bertz CT molecular complexity index is 843. The number of carbonyl (C=O) groups excluding carboxylic acids is 2. The molecule has 2 amide bonds. The highest BCUT2D eigenvalue weighted by molar-refractivity contribution is 7.98. The maximum atomic E-state index is 13.8. The van der Waals surface area contributed by atoms with Crippen molar-refractivity contribution < 1.29 is 18.7 Å². The van der Waals surface area contributed by atoms with Crippen LogP contribution >= 0.6 is 11.8 Å². The van der Waals surface area contributed by atoms with E-state index in [-0.39, 0.29) is 0 Å². The summed E-state index contributed by atoms with van der Waals surface area (Å²) in [4.78, 5) is 27.5. The Morgan fingerprint density at radius 2 is 2.04 bits per heavy atom. The van der Waals surface area contributed by atoms with Gasteiger partial charge in [0.05, 0.1) is 12.8 Å². The Balaban J connectivity index is 1.99. The predicted molar refractivity (Wildman–Crippen MR) is 98.8 cm³/mol. The zero-order valence-electron chi connectivity index (χ0n) is 14.5. The van der Waals surface area contributed by atoms with Crippen molar-refractivity contribution in [3.8, 4) is 0 Å². The third-order valence-corrected chi connectivity index (χ3v) is 5.15. The number of benzene rings is 2. The summed E-state index contributed by atoms with van der Waals surface area (Å²) in [5.74, 6) is -0.846. The second-order valence-electron chi connectivity index (χ2n) is 5.85. The zero-order chi connectivity index (χ0) is 18.7. The normalized spacial score (nSPS) is 16.0. The second-order valence-corrected chi connectivity index (χ2v) is 6.70. The molecule has 0 fully saturated rings. The van der Waals surface area contributed by atoms with Gasteiger partial charge in [0, 0.05) is 11.4 Å². The van der Waals surface area contributed by atoms with Crippen molar-refractivity contribution in [2.75, 3.05) is 25.2 Å². The molecule has 7 heteroatoms. The van der Waals surface area contributed by atoms with Crippen molar-refractivity contribution >= 4 is 29.4 Å². The first kappa shape index (κ1) is 18.3. The van der Waals surface area contributed by atoms with Crippen LogP contribution in [0.25, 0.3) is 0 Å². The molecule has 1 aliphatic heterocycles. The van der Waals surface area contributed by atoms with E-state index in [1.165, 1.54) is 35.9 Å². The first-order valence-electron chi connectivity index (χ1n) is 8.12. The van der Waals surface area contributed by atoms with Crippen LogP contribution in [0.4, 0.5) is 14.9 Å². The predicted octanol–water partition coefficient (Wildman–Crippen LogP) is 3.85. The number of rotatable bonds is 3. The summed E-state index contributed by atoms with van der Waals surface area (Å²) in [6, 6.07) is 10.8. The van der Waals surface area contributed by atoms with Crippen molar-refractivity contribution in [1.29, 1.82) is 0 Å². The Kier molecular flexibility index (Phi) is 5.46.